The molecule has 0 amide bonds. The van der Waals surface area contributed by atoms with Gasteiger partial charge in [-0.25, -0.2) is 4.98 Å². The number of imidazole rings is 1. The molecule has 2 aromatic heterocycles. The first-order valence-corrected chi connectivity index (χ1v) is 5.75. The van der Waals surface area contributed by atoms with Gasteiger partial charge in [-0.05, 0) is 13.3 Å². The molecule has 2 heterocycles. The third-order valence-electron chi connectivity index (χ3n) is 2.74. The molecule has 0 fully saturated rings. The summed E-state index contributed by atoms with van der Waals surface area (Å²) >= 11 is 0. The van der Waals surface area contributed by atoms with Crippen LogP contribution >= 0.6 is 0 Å². The number of ketones is 1. The third-order valence-corrected chi connectivity index (χ3v) is 2.74. The number of aromatic nitrogens is 4. The molecule has 0 radical (unpaired) electrons. The van der Waals surface area contributed by atoms with Crippen LogP contribution in [0, 0.1) is 0 Å². The number of hydrogen-bond donors (Lipinski definition) is 0. The average molecular weight is 232 g/mol. The first kappa shape index (κ1) is 11.6. The summed E-state index contributed by atoms with van der Waals surface area (Å²) in [4.78, 5) is 16.5. The van der Waals surface area contributed by atoms with E-state index in [1.807, 2.05) is 31.7 Å². The maximum Gasteiger partial charge on any atom is 0.231 e. The number of carbonyl (C=O) groups excluding carboxylic acids is 1. The van der Waals surface area contributed by atoms with Crippen LogP contribution in [0.3, 0.4) is 0 Å². The molecule has 2 aromatic rings. The summed E-state index contributed by atoms with van der Waals surface area (Å²) in [5.41, 5.74) is 1.47. The summed E-state index contributed by atoms with van der Waals surface area (Å²) in [7, 11) is 1.82. The maximum absolute atomic E-state index is 12.3. The van der Waals surface area contributed by atoms with Crippen LogP contribution in [0.15, 0.2) is 18.6 Å². The Balaban J connectivity index is 2.43. The van der Waals surface area contributed by atoms with Gasteiger partial charge in [-0.15, -0.1) is 0 Å². The molecule has 0 aliphatic heterocycles. The molecule has 0 saturated heterocycles. The van der Waals surface area contributed by atoms with E-state index in [1.165, 1.54) is 0 Å². The van der Waals surface area contributed by atoms with Crippen LogP contribution in [0.4, 0.5) is 0 Å². The molecule has 2 rings (SSSR count). The predicted molar refractivity (Wildman–Crippen MR) is 63.9 cm³/mol. The Kier molecular flexibility index (Phi) is 3.08. The molecule has 0 atom stereocenters. The molecular formula is C12H16N4O. The Morgan fingerprint density at radius 2 is 2.18 bits per heavy atom. The summed E-state index contributed by atoms with van der Waals surface area (Å²) in [6, 6.07) is 0. The molecular weight excluding hydrogens is 216 g/mol. The van der Waals surface area contributed by atoms with Crippen molar-refractivity contribution in [2.45, 2.75) is 26.8 Å². The maximum atomic E-state index is 12.3. The normalized spacial score (nSPS) is 10.8. The number of rotatable bonds is 4. The zero-order valence-corrected chi connectivity index (χ0v) is 10.3. The van der Waals surface area contributed by atoms with Gasteiger partial charge in [0, 0.05) is 32.2 Å². The third kappa shape index (κ3) is 2.00. The summed E-state index contributed by atoms with van der Waals surface area (Å²) in [5.74, 6) is 0.428. The largest absolute Gasteiger partial charge is 0.328 e. The Morgan fingerprint density at radius 3 is 2.82 bits per heavy atom. The summed E-state index contributed by atoms with van der Waals surface area (Å²) in [6.45, 7) is 4.72. The van der Waals surface area contributed by atoms with E-state index in [2.05, 4.69) is 10.1 Å². The van der Waals surface area contributed by atoms with Crippen molar-refractivity contribution in [2.75, 3.05) is 0 Å². The first-order valence-electron chi connectivity index (χ1n) is 5.75. The highest BCUT2D eigenvalue weighted by molar-refractivity contribution is 6.07. The Hall–Kier alpha value is -1.91. The second kappa shape index (κ2) is 4.53. The highest BCUT2D eigenvalue weighted by atomic mass is 16.1. The molecule has 0 N–H and O–H groups in total. The minimum Gasteiger partial charge on any atom is -0.328 e. The van der Waals surface area contributed by atoms with Crippen molar-refractivity contribution in [1.29, 1.82) is 0 Å². The highest BCUT2D eigenvalue weighted by Gasteiger charge is 2.19. The predicted octanol–water partition coefficient (Wildman–Crippen LogP) is 1.43. The van der Waals surface area contributed by atoms with Crippen molar-refractivity contribution < 1.29 is 4.79 Å². The van der Waals surface area contributed by atoms with Crippen LogP contribution in [0.2, 0.25) is 0 Å². The fraction of sp³-hybridized carbons (Fsp3) is 0.417. The molecule has 0 unspecified atom stereocenters. The van der Waals surface area contributed by atoms with E-state index < -0.39 is 0 Å². The van der Waals surface area contributed by atoms with E-state index in [9.17, 15) is 4.79 Å². The van der Waals surface area contributed by atoms with Gasteiger partial charge < -0.3 is 4.57 Å². The van der Waals surface area contributed by atoms with Gasteiger partial charge in [-0.2, -0.15) is 5.10 Å². The van der Waals surface area contributed by atoms with Gasteiger partial charge in [-0.1, -0.05) is 6.92 Å². The molecule has 0 spiro atoms. The number of nitrogens with zero attached hydrogens (tertiary/aromatic N) is 4. The van der Waals surface area contributed by atoms with Crippen LogP contribution in [-0.2, 0) is 20.0 Å². The quantitative estimate of drug-likeness (QED) is 0.749. The van der Waals surface area contributed by atoms with Gasteiger partial charge in [0.25, 0.3) is 0 Å². The van der Waals surface area contributed by atoms with Crippen molar-refractivity contribution in [3.05, 3.63) is 35.7 Å². The molecule has 0 aromatic carbocycles. The van der Waals surface area contributed by atoms with Crippen LogP contribution in [0.5, 0.6) is 0 Å². The van der Waals surface area contributed by atoms with Gasteiger partial charge in [0.1, 0.15) is 0 Å². The van der Waals surface area contributed by atoms with E-state index in [4.69, 9.17) is 0 Å². The monoisotopic (exact) mass is 232 g/mol. The van der Waals surface area contributed by atoms with Crippen molar-refractivity contribution in [2.24, 2.45) is 7.05 Å². The smallest absolute Gasteiger partial charge is 0.231 e. The lowest BCUT2D eigenvalue weighted by molar-refractivity contribution is 0.102. The summed E-state index contributed by atoms with van der Waals surface area (Å²) < 4.78 is 3.51. The van der Waals surface area contributed by atoms with Crippen molar-refractivity contribution >= 4 is 5.78 Å². The summed E-state index contributed by atoms with van der Waals surface area (Å²) in [5, 5.41) is 4.27. The number of hydrogen-bond acceptors (Lipinski definition) is 3. The molecule has 0 bridgehead atoms. The Morgan fingerprint density at radius 1 is 1.41 bits per heavy atom. The summed E-state index contributed by atoms with van der Waals surface area (Å²) in [6.07, 6.45) is 5.97. The van der Waals surface area contributed by atoms with Gasteiger partial charge in [0.2, 0.25) is 5.78 Å². The Labute approximate surface area is 100 Å². The molecule has 17 heavy (non-hydrogen) atoms. The van der Waals surface area contributed by atoms with Gasteiger partial charge >= 0.3 is 0 Å². The lowest BCUT2D eigenvalue weighted by Gasteiger charge is -2.02. The van der Waals surface area contributed by atoms with Gasteiger partial charge in [-0.3, -0.25) is 9.48 Å². The van der Waals surface area contributed by atoms with Crippen molar-refractivity contribution in [3.8, 4) is 0 Å². The molecule has 0 aliphatic rings. The van der Waals surface area contributed by atoms with Gasteiger partial charge in [0.05, 0.1) is 11.3 Å². The van der Waals surface area contributed by atoms with Crippen molar-refractivity contribution in [1.82, 2.24) is 19.3 Å². The lowest BCUT2D eigenvalue weighted by Crippen LogP contribution is -2.11. The van der Waals surface area contributed by atoms with Crippen LogP contribution in [0.25, 0.3) is 0 Å². The second-order valence-corrected chi connectivity index (χ2v) is 3.88. The van der Waals surface area contributed by atoms with E-state index in [-0.39, 0.29) is 5.78 Å². The lowest BCUT2D eigenvalue weighted by atomic mass is 10.1. The van der Waals surface area contributed by atoms with Crippen LogP contribution in [-0.4, -0.2) is 25.1 Å². The molecule has 0 saturated carbocycles. The standard InChI is InChI=1S/C12H16N4O/c1-4-10-9(8-15(3)14-10)11(17)12-13-6-7-16(12)5-2/h6-8H,4-5H2,1-3H3. The highest BCUT2D eigenvalue weighted by Crippen LogP contribution is 2.13. The number of aryl methyl sites for hydroxylation is 3. The minimum atomic E-state index is -0.0539. The first-order chi connectivity index (χ1) is 8.17. The van der Waals surface area contributed by atoms with Crippen molar-refractivity contribution in [3.63, 3.8) is 0 Å². The van der Waals surface area contributed by atoms with E-state index in [1.54, 1.807) is 17.1 Å². The van der Waals surface area contributed by atoms with E-state index in [0.29, 0.717) is 11.4 Å². The zero-order chi connectivity index (χ0) is 12.4. The molecule has 5 nitrogen and oxygen atoms in total. The van der Waals surface area contributed by atoms with E-state index in [0.717, 1.165) is 18.7 Å². The average Bonchev–Trinajstić information content (AvgIpc) is 2.93. The fourth-order valence-electron chi connectivity index (χ4n) is 1.88. The minimum absolute atomic E-state index is 0.0539. The zero-order valence-electron chi connectivity index (χ0n) is 10.3. The molecule has 0 aliphatic carbocycles. The SMILES string of the molecule is CCc1nn(C)cc1C(=O)c1nccn1CC. The van der Waals surface area contributed by atoms with E-state index >= 15 is 0 Å². The topological polar surface area (TPSA) is 52.7 Å². The number of carbonyl (C=O) groups is 1. The molecule has 5 heteroatoms. The van der Waals surface area contributed by atoms with Crippen LogP contribution < -0.4 is 0 Å². The Bertz CT molecular complexity index is 538. The molecule has 90 valence electrons. The van der Waals surface area contributed by atoms with Gasteiger partial charge in [0.15, 0.2) is 5.82 Å². The second-order valence-electron chi connectivity index (χ2n) is 3.88. The van der Waals surface area contributed by atoms with Crippen LogP contribution in [0.1, 0.15) is 35.7 Å². The fourth-order valence-corrected chi connectivity index (χ4v) is 1.88.